The first-order valence-electron chi connectivity index (χ1n) is 10.7. The number of benzene rings is 1. The summed E-state index contributed by atoms with van der Waals surface area (Å²) in [5.41, 5.74) is 3.92. The van der Waals surface area contributed by atoms with Gasteiger partial charge in [-0.1, -0.05) is 13.8 Å². The van der Waals surface area contributed by atoms with Gasteiger partial charge < -0.3 is 19.3 Å². The number of rotatable bonds is 2. The fraction of sp³-hybridized carbons (Fsp3) is 0.652. The number of nitrogens with zero attached hydrogens (tertiary/aromatic N) is 2. The molecule has 2 heterocycles. The first kappa shape index (κ1) is 21.5. The third-order valence-corrected chi connectivity index (χ3v) is 5.81. The highest BCUT2D eigenvalue weighted by molar-refractivity contribution is 5.98. The summed E-state index contributed by atoms with van der Waals surface area (Å²) < 4.78 is 11.5. The lowest BCUT2D eigenvalue weighted by molar-refractivity contribution is -0.122. The summed E-state index contributed by atoms with van der Waals surface area (Å²) in [6.07, 6.45) is 2.06. The number of hydrogen-bond acceptors (Lipinski definition) is 4. The number of ether oxygens (including phenoxy) is 2. The van der Waals surface area contributed by atoms with Gasteiger partial charge in [0.15, 0.2) is 0 Å². The quantitative estimate of drug-likeness (QED) is 0.747. The van der Waals surface area contributed by atoms with Crippen LogP contribution in [-0.2, 0) is 22.4 Å². The Kier molecular flexibility index (Phi) is 6.11. The number of fused-ring (bicyclic) bond motifs is 2. The largest absolute Gasteiger partial charge is 0.490 e. The van der Waals surface area contributed by atoms with E-state index in [1.165, 1.54) is 11.1 Å². The second-order valence-corrected chi connectivity index (χ2v) is 9.10. The first-order valence-corrected chi connectivity index (χ1v) is 10.7. The Bertz CT molecular complexity index is 797. The van der Waals surface area contributed by atoms with Gasteiger partial charge in [0.05, 0.1) is 12.2 Å². The van der Waals surface area contributed by atoms with E-state index < -0.39 is 5.60 Å². The molecule has 1 aromatic carbocycles. The van der Waals surface area contributed by atoms with Gasteiger partial charge in [-0.2, -0.15) is 0 Å². The number of carbonyl (C=O) groups is 2. The fourth-order valence-corrected chi connectivity index (χ4v) is 4.04. The van der Waals surface area contributed by atoms with E-state index >= 15 is 0 Å². The Labute approximate surface area is 174 Å². The van der Waals surface area contributed by atoms with Gasteiger partial charge in [-0.25, -0.2) is 4.79 Å². The fourth-order valence-electron chi connectivity index (χ4n) is 4.04. The van der Waals surface area contributed by atoms with Gasteiger partial charge in [-0.15, -0.1) is 0 Å². The van der Waals surface area contributed by atoms with Crippen molar-refractivity contribution < 1.29 is 19.1 Å². The molecule has 160 valence electrons. The van der Waals surface area contributed by atoms with Crippen LogP contribution < -0.4 is 9.64 Å². The molecule has 3 rings (SSSR count). The van der Waals surface area contributed by atoms with E-state index in [1.807, 2.05) is 39.5 Å². The Balaban J connectivity index is 1.89. The molecule has 0 fully saturated rings. The molecule has 0 aliphatic carbocycles. The van der Waals surface area contributed by atoms with Gasteiger partial charge in [0.25, 0.3) is 0 Å². The second-order valence-electron chi connectivity index (χ2n) is 9.10. The molecule has 1 atom stereocenters. The SMILES string of the molecule is CCC(C)C(=O)N1CCOc2cc3c(c(C)c21)CCN(C(=O)OC(C)(C)C)CC3. The summed E-state index contributed by atoms with van der Waals surface area (Å²) in [6, 6.07) is 2.08. The highest BCUT2D eigenvalue weighted by Gasteiger charge is 2.32. The van der Waals surface area contributed by atoms with Crippen molar-refractivity contribution in [3.8, 4) is 5.75 Å². The zero-order valence-electron chi connectivity index (χ0n) is 18.6. The predicted octanol–water partition coefficient (Wildman–Crippen LogP) is 4.10. The number of anilines is 1. The molecule has 2 aliphatic rings. The highest BCUT2D eigenvalue weighted by Crippen LogP contribution is 2.40. The average Bonchev–Trinajstić information content (AvgIpc) is 2.88. The Morgan fingerprint density at radius 3 is 2.55 bits per heavy atom. The molecule has 0 saturated carbocycles. The minimum atomic E-state index is -0.504. The van der Waals surface area contributed by atoms with Crippen molar-refractivity contribution in [3.05, 3.63) is 22.8 Å². The third-order valence-electron chi connectivity index (χ3n) is 5.81. The molecule has 29 heavy (non-hydrogen) atoms. The van der Waals surface area contributed by atoms with Crippen molar-refractivity contribution >= 4 is 17.7 Å². The average molecular weight is 403 g/mol. The van der Waals surface area contributed by atoms with Crippen LogP contribution in [0.4, 0.5) is 10.5 Å². The van der Waals surface area contributed by atoms with E-state index in [0.717, 1.165) is 36.3 Å². The van der Waals surface area contributed by atoms with Crippen molar-refractivity contribution in [2.45, 2.75) is 66.4 Å². The van der Waals surface area contributed by atoms with Crippen LogP contribution >= 0.6 is 0 Å². The van der Waals surface area contributed by atoms with Crippen LogP contribution in [0.3, 0.4) is 0 Å². The van der Waals surface area contributed by atoms with Crippen LogP contribution in [0.1, 0.15) is 57.7 Å². The van der Waals surface area contributed by atoms with Crippen molar-refractivity contribution in [2.75, 3.05) is 31.1 Å². The molecular formula is C23H34N2O4. The van der Waals surface area contributed by atoms with Crippen LogP contribution in [0.2, 0.25) is 0 Å². The lowest BCUT2D eigenvalue weighted by Crippen LogP contribution is -2.41. The number of amides is 2. The second kappa shape index (κ2) is 8.25. The maximum atomic E-state index is 13.0. The standard InChI is InChI=1S/C23H34N2O4/c1-7-15(2)21(26)25-12-13-28-19-14-17-8-10-24(22(27)29-23(4,5)6)11-9-18(17)16(3)20(19)25/h14-15H,7-13H2,1-6H3. The summed E-state index contributed by atoms with van der Waals surface area (Å²) in [7, 11) is 0. The van der Waals surface area contributed by atoms with E-state index in [0.29, 0.717) is 26.2 Å². The molecule has 6 nitrogen and oxygen atoms in total. The molecule has 2 aliphatic heterocycles. The molecular weight excluding hydrogens is 368 g/mol. The molecule has 0 radical (unpaired) electrons. The van der Waals surface area contributed by atoms with Gasteiger partial charge in [-0.3, -0.25) is 4.79 Å². The van der Waals surface area contributed by atoms with E-state index in [9.17, 15) is 9.59 Å². The summed E-state index contributed by atoms with van der Waals surface area (Å²) in [5.74, 6) is 0.931. The van der Waals surface area contributed by atoms with Gasteiger partial charge in [0.2, 0.25) is 5.91 Å². The van der Waals surface area contributed by atoms with E-state index in [2.05, 4.69) is 13.0 Å². The van der Waals surface area contributed by atoms with Crippen LogP contribution in [-0.4, -0.2) is 48.7 Å². The molecule has 0 N–H and O–H groups in total. The van der Waals surface area contributed by atoms with Crippen molar-refractivity contribution in [3.63, 3.8) is 0 Å². The van der Waals surface area contributed by atoms with E-state index in [4.69, 9.17) is 9.47 Å². The number of carbonyl (C=O) groups excluding carboxylic acids is 2. The van der Waals surface area contributed by atoms with Crippen molar-refractivity contribution in [1.82, 2.24) is 4.90 Å². The number of hydrogen-bond donors (Lipinski definition) is 0. The molecule has 1 unspecified atom stereocenters. The van der Waals surface area contributed by atoms with Gasteiger partial charge in [-0.05, 0) is 69.7 Å². The molecule has 0 bridgehead atoms. The minimum absolute atomic E-state index is 0.0122. The van der Waals surface area contributed by atoms with Gasteiger partial charge in [0, 0.05) is 19.0 Å². The Hall–Kier alpha value is -2.24. The normalized spacial score (nSPS) is 17.6. The molecule has 0 saturated heterocycles. The Morgan fingerprint density at radius 1 is 1.21 bits per heavy atom. The van der Waals surface area contributed by atoms with Gasteiger partial charge in [0.1, 0.15) is 18.0 Å². The lowest BCUT2D eigenvalue weighted by atomic mass is 9.94. The monoisotopic (exact) mass is 402 g/mol. The summed E-state index contributed by atoms with van der Waals surface area (Å²) in [6.45, 7) is 14.1. The maximum absolute atomic E-state index is 13.0. The summed E-state index contributed by atoms with van der Waals surface area (Å²) in [4.78, 5) is 29.2. The first-order chi connectivity index (χ1) is 13.6. The summed E-state index contributed by atoms with van der Waals surface area (Å²) in [5, 5.41) is 0. The van der Waals surface area contributed by atoms with Crippen LogP contribution in [0.5, 0.6) is 5.75 Å². The van der Waals surface area contributed by atoms with Crippen molar-refractivity contribution in [2.24, 2.45) is 5.92 Å². The zero-order chi connectivity index (χ0) is 21.3. The predicted molar refractivity (Wildman–Crippen MR) is 114 cm³/mol. The third kappa shape index (κ3) is 4.51. The van der Waals surface area contributed by atoms with Crippen LogP contribution in [0, 0.1) is 12.8 Å². The Morgan fingerprint density at radius 2 is 1.90 bits per heavy atom. The molecule has 0 aromatic heterocycles. The summed E-state index contributed by atoms with van der Waals surface area (Å²) >= 11 is 0. The van der Waals surface area contributed by atoms with Crippen LogP contribution in [0.25, 0.3) is 0 Å². The highest BCUT2D eigenvalue weighted by atomic mass is 16.6. The van der Waals surface area contributed by atoms with E-state index in [-0.39, 0.29) is 17.9 Å². The molecule has 1 aromatic rings. The molecule has 6 heteroatoms. The van der Waals surface area contributed by atoms with Crippen LogP contribution in [0.15, 0.2) is 6.07 Å². The maximum Gasteiger partial charge on any atom is 0.410 e. The van der Waals surface area contributed by atoms with Gasteiger partial charge >= 0.3 is 6.09 Å². The zero-order valence-corrected chi connectivity index (χ0v) is 18.6. The topological polar surface area (TPSA) is 59.1 Å². The smallest absolute Gasteiger partial charge is 0.410 e. The van der Waals surface area contributed by atoms with Crippen molar-refractivity contribution in [1.29, 1.82) is 0 Å². The molecule has 2 amide bonds. The minimum Gasteiger partial charge on any atom is -0.490 e. The lowest BCUT2D eigenvalue weighted by Gasteiger charge is -2.34. The molecule has 0 spiro atoms. The van der Waals surface area contributed by atoms with E-state index in [1.54, 1.807) is 4.90 Å².